The quantitative estimate of drug-likeness (QED) is 0.612. The van der Waals surface area contributed by atoms with E-state index in [9.17, 15) is 9.59 Å². The Labute approximate surface area is 123 Å². The number of ether oxygens (including phenoxy) is 2. The standard InChI is InChI=1S/C14H18ClNO4/c1-19-11-6-3-10(4-7-11)5-8-13(17)16-9-12(15)14(18)20-2/h3-4,6-7,12H,5,8-9H2,1-2H3,(H,16,17). The van der Waals surface area contributed by atoms with Crippen molar-refractivity contribution in [3.05, 3.63) is 29.8 Å². The van der Waals surface area contributed by atoms with E-state index in [-0.39, 0.29) is 12.5 Å². The van der Waals surface area contributed by atoms with E-state index in [2.05, 4.69) is 10.1 Å². The number of hydrogen-bond acceptors (Lipinski definition) is 4. The van der Waals surface area contributed by atoms with Gasteiger partial charge in [0.15, 0.2) is 0 Å². The minimum absolute atomic E-state index is 0.0652. The summed E-state index contributed by atoms with van der Waals surface area (Å²) in [5.41, 5.74) is 1.04. The number of aryl methyl sites for hydroxylation is 1. The van der Waals surface area contributed by atoms with Crippen molar-refractivity contribution in [1.82, 2.24) is 5.32 Å². The Morgan fingerprint density at radius 2 is 1.90 bits per heavy atom. The first-order chi connectivity index (χ1) is 9.56. The van der Waals surface area contributed by atoms with Crippen LogP contribution in [0.5, 0.6) is 5.75 Å². The zero-order valence-electron chi connectivity index (χ0n) is 11.5. The molecule has 0 heterocycles. The van der Waals surface area contributed by atoms with Gasteiger partial charge in [0.25, 0.3) is 0 Å². The van der Waals surface area contributed by atoms with Crippen molar-refractivity contribution in [3.63, 3.8) is 0 Å². The van der Waals surface area contributed by atoms with E-state index in [1.165, 1.54) is 7.11 Å². The molecule has 1 aromatic rings. The minimum Gasteiger partial charge on any atom is -0.497 e. The molecule has 0 aliphatic heterocycles. The highest BCUT2D eigenvalue weighted by Gasteiger charge is 2.16. The molecule has 0 aliphatic carbocycles. The van der Waals surface area contributed by atoms with E-state index < -0.39 is 11.3 Å². The molecule has 1 unspecified atom stereocenters. The average molecular weight is 300 g/mol. The molecule has 1 N–H and O–H groups in total. The van der Waals surface area contributed by atoms with Gasteiger partial charge in [-0.1, -0.05) is 12.1 Å². The number of nitrogens with one attached hydrogen (secondary N) is 1. The molecular formula is C14H18ClNO4. The lowest BCUT2D eigenvalue weighted by Gasteiger charge is -2.09. The molecule has 0 radical (unpaired) electrons. The first kappa shape index (κ1) is 16.3. The fraction of sp³-hybridized carbons (Fsp3) is 0.429. The topological polar surface area (TPSA) is 64.6 Å². The van der Waals surface area contributed by atoms with Crippen LogP contribution in [0.4, 0.5) is 0 Å². The number of rotatable bonds is 7. The summed E-state index contributed by atoms with van der Waals surface area (Å²) in [7, 11) is 2.86. The third-order valence-corrected chi connectivity index (χ3v) is 3.07. The van der Waals surface area contributed by atoms with Crippen molar-refractivity contribution in [1.29, 1.82) is 0 Å². The first-order valence-electron chi connectivity index (χ1n) is 6.18. The van der Waals surface area contributed by atoms with Crippen LogP contribution >= 0.6 is 11.6 Å². The van der Waals surface area contributed by atoms with Crippen molar-refractivity contribution in [2.24, 2.45) is 0 Å². The Kier molecular flexibility index (Phi) is 6.87. The Morgan fingerprint density at radius 1 is 1.25 bits per heavy atom. The van der Waals surface area contributed by atoms with Crippen molar-refractivity contribution < 1.29 is 19.1 Å². The smallest absolute Gasteiger partial charge is 0.325 e. The fourth-order valence-electron chi connectivity index (χ4n) is 1.55. The third-order valence-electron chi connectivity index (χ3n) is 2.74. The largest absolute Gasteiger partial charge is 0.497 e. The van der Waals surface area contributed by atoms with Gasteiger partial charge >= 0.3 is 5.97 Å². The van der Waals surface area contributed by atoms with E-state index >= 15 is 0 Å². The maximum atomic E-state index is 11.6. The number of halogens is 1. The number of methoxy groups -OCH3 is 2. The van der Waals surface area contributed by atoms with Crippen LogP contribution in [0.2, 0.25) is 0 Å². The lowest BCUT2D eigenvalue weighted by molar-refractivity contribution is -0.140. The second-order valence-corrected chi connectivity index (χ2v) is 4.67. The molecule has 0 aliphatic rings. The number of amides is 1. The SMILES string of the molecule is COC(=O)C(Cl)CNC(=O)CCc1ccc(OC)cc1. The fourth-order valence-corrected chi connectivity index (χ4v) is 1.72. The Morgan fingerprint density at radius 3 is 2.45 bits per heavy atom. The molecule has 1 rings (SSSR count). The second kappa shape index (κ2) is 8.43. The number of benzene rings is 1. The highest BCUT2D eigenvalue weighted by Crippen LogP contribution is 2.12. The number of alkyl halides is 1. The summed E-state index contributed by atoms with van der Waals surface area (Å²) >= 11 is 5.72. The van der Waals surface area contributed by atoms with Crippen molar-refractivity contribution in [2.75, 3.05) is 20.8 Å². The van der Waals surface area contributed by atoms with Gasteiger partial charge in [0.1, 0.15) is 11.1 Å². The van der Waals surface area contributed by atoms with Gasteiger partial charge in [-0.15, -0.1) is 11.6 Å². The van der Waals surface area contributed by atoms with E-state index in [1.54, 1.807) is 7.11 Å². The second-order valence-electron chi connectivity index (χ2n) is 4.14. The van der Waals surface area contributed by atoms with Crippen LogP contribution in [0.3, 0.4) is 0 Å². The van der Waals surface area contributed by atoms with Crippen LogP contribution < -0.4 is 10.1 Å². The van der Waals surface area contributed by atoms with E-state index in [0.717, 1.165) is 11.3 Å². The summed E-state index contributed by atoms with van der Waals surface area (Å²) in [5.74, 6) is 0.0683. The summed E-state index contributed by atoms with van der Waals surface area (Å²) in [6, 6.07) is 7.51. The maximum Gasteiger partial charge on any atom is 0.325 e. The minimum atomic E-state index is -0.857. The van der Waals surface area contributed by atoms with Crippen molar-refractivity contribution in [3.8, 4) is 5.75 Å². The van der Waals surface area contributed by atoms with E-state index in [1.807, 2.05) is 24.3 Å². The maximum absolute atomic E-state index is 11.6. The van der Waals surface area contributed by atoms with E-state index in [0.29, 0.717) is 12.8 Å². The van der Waals surface area contributed by atoms with Crippen LogP contribution in [0.15, 0.2) is 24.3 Å². The van der Waals surface area contributed by atoms with Gasteiger partial charge < -0.3 is 14.8 Å². The van der Waals surface area contributed by atoms with Gasteiger partial charge in [-0.25, -0.2) is 0 Å². The molecule has 0 bridgehead atoms. The third kappa shape index (κ3) is 5.48. The van der Waals surface area contributed by atoms with Gasteiger partial charge in [0.05, 0.1) is 14.2 Å². The normalized spacial score (nSPS) is 11.6. The molecule has 5 nitrogen and oxygen atoms in total. The highest BCUT2D eigenvalue weighted by molar-refractivity contribution is 6.30. The van der Waals surface area contributed by atoms with Gasteiger partial charge in [-0.3, -0.25) is 9.59 Å². The molecule has 6 heteroatoms. The molecular weight excluding hydrogens is 282 g/mol. The summed E-state index contributed by atoms with van der Waals surface area (Å²) < 4.78 is 9.52. The van der Waals surface area contributed by atoms with Crippen LogP contribution in [-0.2, 0) is 20.7 Å². The Balaban J connectivity index is 2.30. The van der Waals surface area contributed by atoms with Crippen LogP contribution in [0.1, 0.15) is 12.0 Å². The lowest BCUT2D eigenvalue weighted by Crippen LogP contribution is -2.34. The highest BCUT2D eigenvalue weighted by atomic mass is 35.5. The molecule has 0 fully saturated rings. The molecule has 20 heavy (non-hydrogen) atoms. The van der Waals surface area contributed by atoms with Crippen LogP contribution in [0.25, 0.3) is 0 Å². The number of carbonyl (C=O) groups is 2. The van der Waals surface area contributed by atoms with Gasteiger partial charge in [0, 0.05) is 13.0 Å². The number of hydrogen-bond donors (Lipinski definition) is 1. The molecule has 1 atom stereocenters. The molecule has 1 aromatic carbocycles. The molecule has 0 saturated heterocycles. The molecule has 0 saturated carbocycles. The summed E-state index contributed by atoms with van der Waals surface area (Å²) in [6.45, 7) is 0.0652. The van der Waals surface area contributed by atoms with Gasteiger partial charge in [-0.2, -0.15) is 0 Å². The monoisotopic (exact) mass is 299 g/mol. The number of carbonyl (C=O) groups excluding carboxylic acids is 2. The lowest BCUT2D eigenvalue weighted by atomic mass is 10.1. The average Bonchev–Trinajstić information content (AvgIpc) is 2.50. The summed E-state index contributed by atoms with van der Waals surface area (Å²) in [5, 5.41) is 1.74. The molecule has 1 amide bonds. The van der Waals surface area contributed by atoms with Gasteiger partial charge in [0.2, 0.25) is 5.91 Å². The number of esters is 1. The van der Waals surface area contributed by atoms with Gasteiger partial charge in [-0.05, 0) is 24.1 Å². The molecule has 110 valence electrons. The van der Waals surface area contributed by atoms with Crippen molar-refractivity contribution in [2.45, 2.75) is 18.2 Å². The predicted molar refractivity (Wildman–Crippen MR) is 76.0 cm³/mol. The van der Waals surface area contributed by atoms with Crippen molar-refractivity contribution >= 4 is 23.5 Å². The predicted octanol–water partition coefficient (Wildman–Crippen LogP) is 1.52. The Hall–Kier alpha value is -1.75. The zero-order chi connectivity index (χ0) is 15.0. The molecule has 0 spiro atoms. The summed E-state index contributed by atoms with van der Waals surface area (Å²) in [6.07, 6.45) is 0.943. The summed E-state index contributed by atoms with van der Waals surface area (Å²) in [4.78, 5) is 22.7. The van der Waals surface area contributed by atoms with E-state index in [4.69, 9.17) is 16.3 Å². The molecule has 0 aromatic heterocycles. The van der Waals surface area contributed by atoms with Crippen LogP contribution in [-0.4, -0.2) is 38.0 Å². The Bertz CT molecular complexity index is 447. The first-order valence-corrected chi connectivity index (χ1v) is 6.62. The zero-order valence-corrected chi connectivity index (χ0v) is 12.3. The van der Waals surface area contributed by atoms with Crippen LogP contribution in [0, 0.1) is 0 Å².